The van der Waals surface area contributed by atoms with E-state index in [1.165, 1.54) is 0 Å². The SMILES string of the molecule is CCCCNc1ccc(C(=O)Nc2ccc(C)c(Br)c2)nc1. The Morgan fingerprint density at radius 2 is 2.00 bits per heavy atom. The third-order valence-electron chi connectivity index (χ3n) is 3.29. The lowest BCUT2D eigenvalue weighted by Gasteiger charge is -2.08. The molecule has 0 spiro atoms. The molecule has 116 valence electrons. The van der Waals surface area contributed by atoms with Crippen LogP contribution in [0.4, 0.5) is 11.4 Å². The van der Waals surface area contributed by atoms with Crippen LogP contribution in [-0.2, 0) is 0 Å². The number of benzene rings is 1. The average molecular weight is 362 g/mol. The van der Waals surface area contributed by atoms with E-state index in [9.17, 15) is 4.79 Å². The van der Waals surface area contributed by atoms with Crippen LogP contribution in [0.5, 0.6) is 0 Å². The molecule has 0 aliphatic carbocycles. The van der Waals surface area contributed by atoms with Crippen LogP contribution in [0.2, 0.25) is 0 Å². The summed E-state index contributed by atoms with van der Waals surface area (Å²) in [6.07, 6.45) is 3.95. The van der Waals surface area contributed by atoms with Gasteiger partial charge in [-0.05, 0) is 43.2 Å². The Morgan fingerprint density at radius 1 is 1.23 bits per heavy atom. The lowest BCUT2D eigenvalue weighted by Crippen LogP contribution is -2.14. The lowest BCUT2D eigenvalue weighted by molar-refractivity contribution is 0.102. The maximum absolute atomic E-state index is 12.2. The van der Waals surface area contributed by atoms with E-state index in [1.807, 2.05) is 31.2 Å². The predicted octanol–water partition coefficient (Wildman–Crippen LogP) is 4.62. The van der Waals surface area contributed by atoms with Gasteiger partial charge < -0.3 is 10.6 Å². The van der Waals surface area contributed by atoms with E-state index < -0.39 is 0 Å². The van der Waals surface area contributed by atoms with Gasteiger partial charge in [-0.2, -0.15) is 0 Å². The predicted molar refractivity (Wildman–Crippen MR) is 94.5 cm³/mol. The van der Waals surface area contributed by atoms with Crippen LogP contribution in [0.1, 0.15) is 35.8 Å². The van der Waals surface area contributed by atoms with Crippen LogP contribution < -0.4 is 10.6 Å². The van der Waals surface area contributed by atoms with Crippen molar-refractivity contribution >= 4 is 33.2 Å². The van der Waals surface area contributed by atoms with Crippen LogP contribution in [0.15, 0.2) is 41.0 Å². The maximum atomic E-state index is 12.2. The molecule has 0 saturated carbocycles. The quantitative estimate of drug-likeness (QED) is 0.738. The van der Waals surface area contributed by atoms with Crippen molar-refractivity contribution in [1.82, 2.24) is 4.98 Å². The van der Waals surface area contributed by atoms with E-state index in [1.54, 1.807) is 12.3 Å². The smallest absolute Gasteiger partial charge is 0.274 e. The van der Waals surface area contributed by atoms with Crippen molar-refractivity contribution in [3.63, 3.8) is 0 Å². The highest BCUT2D eigenvalue weighted by Crippen LogP contribution is 2.21. The number of nitrogens with zero attached hydrogens (tertiary/aromatic N) is 1. The zero-order valence-electron chi connectivity index (χ0n) is 12.8. The van der Waals surface area contributed by atoms with Crippen molar-refractivity contribution in [2.24, 2.45) is 0 Å². The zero-order chi connectivity index (χ0) is 15.9. The molecule has 0 fully saturated rings. The van der Waals surface area contributed by atoms with Crippen molar-refractivity contribution < 1.29 is 4.79 Å². The Balaban J connectivity index is 1.98. The molecule has 0 aliphatic heterocycles. The third kappa shape index (κ3) is 4.56. The van der Waals surface area contributed by atoms with Gasteiger partial charge in [-0.1, -0.05) is 35.3 Å². The fourth-order valence-corrected chi connectivity index (χ4v) is 2.29. The Labute approximate surface area is 139 Å². The minimum absolute atomic E-state index is 0.212. The highest BCUT2D eigenvalue weighted by molar-refractivity contribution is 9.10. The van der Waals surface area contributed by atoms with Crippen LogP contribution in [0.3, 0.4) is 0 Å². The maximum Gasteiger partial charge on any atom is 0.274 e. The van der Waals surface area contributed by atoms with Crippen LogP contribution in [0.25, 0.3) is 0 Å². The summed E-state index contributed by atoms with van der Waals surface area (Å²) in [7, 11) is 0. The number of hydrogen-bond acceptors (Lipinski definition) is 3. The summed E-state index contributed by atoms with van der Waals surface area (Å²) in [5.41, 5.74) is 3.20. The molecule has 1 amide bonds. The summed E-state index contributed by atoms with van der Waals surface area (Å²) in [6.45, 7) is 5.07. The number of anilines is 2. The number of pyridine rings is 1. The van der Waals surface area contributed by atoms with Gasteiger partial charge in [-0.3, -0.25) is 4.79 Å². The van der Waals surface area contributed by atoms with E-state index in [4.69, 9.17) is 0 Å². The van der Waals surface area contributed by atoms with Crippen LogP contribution in [0, 0.1) is 6.92 Å². The summed E-state index contributed by atoms with van der Waals surface area (Å²) < 4.78 is 0.966. The number of unbranched alkanes of at least 4 members (excludes halogenated alkanes) is 1. The number of aryl methyl sites for hydroxylation is 1. The Morgan fingerprint density at radius 3 is 2.64 bits per heavy atom. The molecule has 0 saturated heterocycles. The fourth-order valence-electron chi connectivity index (χ4n) is 1.91. The first kappa shape index (κ1) is 16.5. The second-order valence-electron chi connectivity index (χ2n) is 5.13. The molecule has 2 N–H and O–H groups in total. The molecular weight excluding hydrogens is 342 g/mol. The van der Waals surface area contributed by atoms with E-state index in [0.29, 0.717) is 5.69 Å². The summed E-state index contributed by atoms with van der Waals surface area (Å²) >= 11 is 3.46. The molecule has 0 bridgehead atoms. The highest BCUT2D eigenvalue weighted by atomic mass is 79.9. The standard InChI is InChI=1S/C17H20BrN3O/c1-3-4-9-19-14-7-8-16(20-11-14)17(22)21-13-6-5-12(2)15(18)10-13/h5-8,10-11,19H,3-4,9H2,1-2H3,(H,21,22). The van der Waals surface area contributed by atoms with E-state index in [2.05, 4.69) is 38.5 Å². The van der Waals surface area contributed by atoms with Gasteiger partial charge in [0.25, 0.3) is 5.91 Å². The number of hydrogen-bond donors (Lipinski definition) is 2. The number of amides is 1. The first-order valence-corrected chi connectivity index (χ1v) is 8.17. The van der Waals surface area contributed by atoms with Crippen molar-refractivity contribution in [1.29, 1.82) is 0 Å². The summed E-state index contributed by atoms with van der Waals surface area (Å²) in [5, 5.41) is 6.12. The molecule has 0 atom stereocenters. The molecule has 0 unspecified atom stereocenters. The molecule has 2 rings (SSSR count). The fraction of sp³-hybridized carbons (Fsp3) is 0.294. The second-order valence-corrected chi connectivity index (χ2v) is 5.98. The second kappa shape index (κ2) is 7.94. The topological polar surface area (TPSA) is 54.0 Å². The van der Waals surface area contributed by atoms with Crippen molar-refractivity contribution in [3.05, 3.63) is 52.3 Å². The van der Waals surface area contributed by atoms with Gasteiger partial charge in [-0.15, -0.1) is 0 Å². The minimum atomic E-state index is -0.212. The molecule has 5 heteroatoms. The summed E-state index contributed by atoms with van der Waals surface area (Å²) in [6, 6.07) is 9.32. The molecule has 1 aromatic heterocycles. The van der Waals surface area contributed by atoms with E-state index in [-0.39, 0.29) is 5.91 Å². The largest absolute Gasteiger partial charge is 0.384 e. The number of nitrogens with one attached hydrogen (secondary N) is 2. The number of halogens is 1. The number of rotatable bonds is 6. The van der Waals surface area contributed by atoms with Crippen molar-refractivity contribution in [3.8, 4) is 0 Å². The lowest BCUT2D eigenvalue weighted by atomic mass is 10.2. The van der Waals surface area contributed by atoms with Gasteiger partial charge in [0.05, 0.1) is 11.9 Å². The van der Waals surface area contributed by atoms with Gasteiger partial charge in [0, 0.05) is 16.7 Å². The van der Waals surface area contributed by atoms with E-state index >= 15 is 0 Å². The first-order valence-electron chi connectivity index (χ1n) is 7.37. The average Bonchev–Trinajstić information content (AvgIpc) is 2.52. The molecule has 4 nitrogen and oxygen atoms in total. The summed E-state index contributed by atoms with van der Waals surface area (Å²) in [4.78, 5) is 16.4. The monoisotopic (exact) mass is 361 g/mol. The normalized spacial score (nSPS) is 10.3. The molecular formula is C17H20BrN3O. The molecule has 0 radical (unpaired) electrons. The first-order chi connectivity index (χ1) is 10.6. The minimum Gasteiger partial charge on any atom is -0.384 e. The molecule has 2 aromatic rings. The van der Waals surface area contributed by atoms with Crippen LogP contribution >= 0.6 is 15.9 Å². The van der Waals surface area contributed by atoms with Crippen molar-refractivity contribution in [2.75, 3.05) is 17.2 Å². The van der Waals surface area contributed by atoms with E-state index in [0.717, 1.165) is 40.8 Å². The number of carbonyl (C=O) groups is 1. The van der Waals surface area contributed by atoms with Crippen molar-refractivity contribution in [2.45, 2.75) is 26.7 Å². The third-order valence-corrected chi connectivity index (χ3v) is 4.14. The van der Waals surface area contributed by atoms with Gasteiger partial charge in [0.2, 0.25) is 0 Å². The Hall–Kier alpha value is -1.88. The zero-order valence-corrected chi connectivity index (χ0v) is 14.4. The van der Waals surface area contributed by atoms with Gasteiger partial charge in [0.1, 0.15) is 5.69 Å². The van der Waals surface area contributed by atoms with Gasteiger partial charge in [0.15, 0.2) is 0 Å². The Bertz CT molecular complexity index is 641. The molecule has 0 aliphatic rings. The molecule has 1 heterocycles. The molecule has 22 heavy (non-hydrogen) atoms. The highest BCUT2D eigenvalue weighted by Gasteiger charge is 2.08. The van der Waals surface area contributed by atoms with Gasteiger partial charge in [-0.25, -0.2) is 4.98 Å². The van der Waals surface area contributed by atoms with Gasteiger partial charge >= 0.3 is 0 Å². The van der Waals surface area contributed by atoms with Crippen LogP contribution in [-0.4, -0.2) is 17.4 Å². The Kier molecular flexibility index (Phi) is 5.95. The number of aromatic nitrogens is 1. The number of carbonyl (C=O) groups excluding carboxylic acids is 1. The summed E-state index contributed by atoms with van der Waals surface area (Å²) in [5.74, 6) is -0.212. The molecule has 1 aromatic carbocycles.